The van der Waals surface area contributed by atoms with E-state index in [4.69, 9.17) is 4.74 Å². The van der Waals surface area contributed by atoms with Gasteiger partial charge in [0.15, 0.2) is 6.61 Å². The van der Waals surface area contributed by atoms with E-state index in [9.17, 15) is 13.6 Å². The highest BCUT2D eigenvalue weighted by Crippen LogP contribution is 2.24. The molecule has 1 aromatic heterocycles. The maximum absolute atomic E-state index is 13.5. The second-order valence-electron chi connectivity index (χ2n) is 5.97. The third-order valence-corrected chi connectivity index (χ3v) is 4.11. The molecule has 1 amide bonds. The van der Waals surface area contributed by atoms with Crippen molar-refractivity contribution in [2.75, 3.05) is 13.7 Å². The summed E-state index contributed by atoms with van der Waals surface area (Å²) in [6.45, 7) is -1.05. The summed E-state index contributed by atoms with van der Waals surface area (Å²) < 4.78 is 33.3. The smallest absolute Gasteiger partial charge is 0.320 e. The van der Waals surface area contributed by atoms with Crippen molar-refractivity contribution in [2.24, 2.45) is 0 Å². The number of hydrogen-bond acceptors (Lipinski definition) is 3. The zero-order valence-electron chi connectivity index (χ0n) is 14.5. The second kappa shape index (κ2) is 7.51. The number of fused-ring (bicyclic) bond motifs is 1. The van der Waals surface area contributed by atoms with E-state index in [1.54, 1.807) is 37.4 Å². The molecule has 0 saturated carbocycles. The van der Waals surface area contributed by atoms with Crippen LogP contribution < -0.4 is 4.74 Å². The third-order valence-electron chi connectivity index (χ3n) is 4.11. The van der Waals surface area contributed by atoms with E-state index in [1.165, 1.54) is 4.90 Å². The number of ether oxygens (including phenoxy) is 1. The number of carbonyl (C=O) groups excluding carboxylic acids is 1. The van der Waals surface area contributed by atoms with Crippen LogP contribution in [0, 0.1) is 6.92 Å². The van der Waals surface area contributed by atoms with Crippen molar-refractivity contribution >= 4 is 16.9 Å². The molecule has 5 nitrogen and oxygen atoms in total. The van der Waals surface area contributed by atoms with Gasteiger partial charge in [0.1, 0.15) is 11.6 Å². The molecule has 0 aliphatic heterocycles. The monoisotopic (exact) mass is 359 g/mol. The molecule has 0 unspecified atom stereocenters. The van der Waals surface area contributed by atoms with E-state index in [2.05, 4.69) is 4.98 Å². The van der Waals surface area contributed by atoms with Crippen molar-refractivity contribution in [3.05, 3.63) is 59.9 Å². The molecule has 0 atom stereocenters. The topological polar surface area (TPSA) is 47.4 Å². The van der Waals surface area contributed by atoms with Gasteiger partial charge >= 0.3 is 6.55 Å². The highest BCUT2D eigenvalue weighted by atomic mass is 19.3. The summed E-state index contributed by atoms with van der Waals surface area (Å²) in [4.78, 5) is 17.9. The number of aryl methyl sites for hydroxylation is 1. The molecular weight excluding hydrogens is 340 g/mol. The summed E-state index contributed by atoms with van der Waals surface area (Å²) >= 11 is 0. The Morgan fingerprint density at radius 3 is 2.62 bits per heavy atom. The molecule has 0 fully saturated rings. The van der Waals surface area contributed by atoms with Gasteiger partial charge in [-0.1, -0.05) is 30.3 Å². The summed E-state index contributed by atoms with van der Waals surface area (Å²) in [5.41, 5.74) is 1.73. The molecule has 0 N–H and O–H groups in total. The third kappa shape index (κ3) is 3.66. The van der Waals surface area contributed by atoms with Crippen LogP contribution in [0.5, 0.6) is 5.75 Å². The van der Waals surface area contributed by atoms with E-state index in [-0.39, 0.29) is 24.9 Å². The molecule has 7 heteroatoms. The summed E-state index contributed by atoms with van der Waals surface area (Å²) in [6, 6.07) is 14.0. The van der Waals surface area contributed by atoms with E-state index < -0.39 is 6.55 Å². The quantitative estimate of drug-likeness (QED) is 0.673. The zero-order chi connectivity index (χ0) is 18.7. The van der Waals surface area contributed by atoms with Crippen LogP contribution in [0.4, 0.5) is 8.78 Å². The van der Waals surface area contributed by atoms with Gasteiger partial charge in [0.05, 0.1) is 17.6 Å². The van der Waals surface area contributed by atoms with Gasteiger partial charge in [-0.05, 0) is 30.7 Å². The summed E-state index contributed by atoms with van der Waals surface area (Å²) in [6.07, 6.45) is 0. The fraction of sp³-hybridized carbons (Fsp3) is 0.263. The Morgan fingerprint density at radius 2 is 1.88 bits per heavy atom. The zero-order valence-corrected chi connectivity index (χ0v) is 14.5. The lowest BCUT2D eigenvalue weighted by Crippen LogP contribution is -2.32. The Kier molecular flexibility index (Phi) is 5.16. The van der Waals surface area contributed by atoms with Gasteiger partial charge in [0.25, 0.3) is 5.91 Å². The number of alkyl halides is 2. The number of benzene rings is 2. The standard InChI is InChI=1S/C19H19F2N3O2/c1-13-7-3-6-10-16(13)26-12-18(25)23(2)11-17-22-14-8-4-5-9-15(14)24(17)19(20)21/h3-10,19H,11-12H2,1-2H3. The number of nitrogens with zero attached hydrogens (tertiary/aromatic N) is 3. The molecule has 3 rings (SSSR count). The lowest BCUT2D eigenvalue weighted by molar-refractivity contribution is -0.132. The second-order valence-corrected chi connectivity index (χ2v) is 5.97. The molecule has 0 saturated heterocycles. The van der Waals surface area contributed by atoms with Gasteiger partial charge in [-0.3, -0.25) is 9.36 Å². The predicted molar refractivity (Wildman–Crippen MR) is 94.1 cm³/mol. The largest absolute Gasteiger partial charge is 0.484 e. The van der Waals surface area contributed by atoms with Crippen LogP contribution in [0.25, 0.3) is 11.0 Å². The Balaban J connectivity index is 1.72. The van der Waals surface area contributed by atoms with Gasteiger partial charge in [-0.15, -0.1) is 0 Å². The van der Waals surface area contributed by atoms with Gasteiger partial charge in [0, 0.05) is 7.05 Å². The molecule has 2 aromatic carbocycles. The molecular formula is C19H19F2N3O2. The van der Waals surface area contributed by atoms with Crippen molar-refractivity contribution in [1.82, 2.24) is 14.5 Å². The van der Waals surface area contributed by atoms with Gasteiger partial charge in [0.2, 0.25) is 0 Å². The molecule has 0 radical (unpaired) electrons. The van der Waals surface area contributed by atoms with E-state index >= 15 is 0 Å². The van der Waals surface area contributed by atoms with Crippen LogP contribution in [0.1, 0.15) is 17.9 Å². The maximum Gasteiger partial charge on any atom is 0.320 e. The van der Waals surface area contributed by atoms with E-state index in [0.717, 1.165) is 10.1 Å². The normalized spacial score (nSPS) is 11.1. The lowest BCUT2D eigenvalue weighted by Gasteiger charge is -2.18. The minimum absolute atomic E-state index is 0.0328. The average Bonchev–Trinajstić information content (AvgIpc) is 2.98. The minimum Gasteiger partial charge on any atom is -0.484 e. The van der Waals surface area contributed by atoms with E-state index in [0.29, 0.717) is 16.8 Å². The number of aromatic nitrogens is 2. The summed E-state index contributed by atoms with van der Waals surface area (Å²) in [5.74, 6) is 0.433. The molecule has 0 aliphatic rings. The van der Waals surface area contributed by atoms with Crippen molar-refractivity contribution in [3.8, 4) is 5.75 Å². The van der Waals surface area contributed by atoms with Gasteiger partial charge < -0.3 is 9.64 Å². The Bertz CT molecular complexity index is 924. The summed E-state index contributed by atoms with van der Waals surface area (Å²) in [7, 11) is 1.54. The molecule has 0 aliphatic carbocycles. The Hall–Kier alpha value is -2.96. The average molecular weight is 359 g/mol. The molecule has 136 valence electrons. The number of rotatable bonds is 6. The first-order valence-corrected chi connectivity index (χ1v) is 8.13. The minimum atomic E-state index is -2.73. The first-order chi connectivity index (χ1) is 12.5. The van der Waals surface area contributed by atoms with Crippen molar-refractivity contribution in [1.29, 1.82) is 0 Å². The molecule has 3 aromatic rings. The number of para-hydroxylation sites is 3. The lowest BCUT2D eigenvalue weighted by atomic mass is 10.2. The van der Waals surface area contributed by atoms with Crippen LogP contribution >= 0.6 is 0 Å². The van der Waals surface area contributed by atoms with Crippen LogP contribution in [0.15, 0.2) is 48.5 Å². The molecule has 1 heterocycles. The highest BCUT2D eigenvalue weighted by Gasteiger charge is 2.20. The first kappa shape index (κ1) is 17.8. The number of imidazole rings is 1. The van der Waals surface area contributed by atoms with Gasteiger partial charge in [-0.25, -0.2) is 4.98 Å². The predicted octanol–water partition coefficient (Wildman–Crippen LogP) is 3.78. The van der Waals surface area contributed by atoms with Crippen LogP contribution in [-0.2, 0) is 11.3 Å². The molecule has 0 spiro atoms. The highest BCUT2D eigenvalue weighted by molar-refractivity contribution is 5.78. The van der Waals surface area contributed by atoms with Crippen molar-refractivity contribution in [2.45, 2.75) is 20.0 Å². The van der Waals surface area contributed by atoms with Crippen molar-refractivity contribution in [3.63, 3.8) is 0 Å². The fourth-order valence-corrected chi connectivity index (χ4v) is 2.69. The first-order valence-electron chi connectivity index (χ1n) is 8.13. The molecule has 26 heavy (non-hydrogen) atoms. The Morgan fingerprint density at radius 1 is 1.19 bits per heavy atom. The number of hydrogen-bond donors (Lipinski definition) is 0. The number of halogens is 2. The maximum atomic E-state index is 13.5. The Labute approximate surface area is 149 Å². The van der Waals surface area contributed by atoms with Crippen LogP contribution in [-0.4, -0.2) is 34.0 Å². The van der Waals surface area contributed by atoms with Crippen LogP contribution in [0.3, 0.4) is 0 Å². The summed E-state index contributed by atoms with van der Waals surface area (Å²) in [5, 5.41) is 0. The van der Waals surface area contributed by atoms with E-state index in [1.807, 2.05) is 25.1 Å². The van der Waals surface area contributed by atoms with Gasteiger partial charge in [-0.2, -0.15) is 8.78 Å². The van der Waals surface area contributed by atoms with Crippen molar-refractivity contribution < 1.29 is 18.3 Å². The van der Waals surface area contributed by atoms with Crippen LogP contribution in [0.2, 0.25) is 0 Å². The number of amides is 1. The number of likely N-dealkylation sites (N-methyl/N-ethyl adjacent to an activating group) is 1. The molecule has 0 bridgehead atoms. The SMILES string of the molecule is Cc1ccccc1OCC(=O)N(C)Cc1nc2ccccc2n1C(F)F. The number of carbonyl (C=O) groups is 1. The fourth-order valence-electron chi connectivity index (χ4n) is 2.69.